The summed E-state index contributed by atoms with van der Waals surface area (Å²) in [5, 5.41) is 13.4. The van der Waals surface area contributed by atoms with Crippen molar-refractivity contribution in [3.05, 3.63) is 89.6 Å². The highest BCUT2D eigenvalue weighted by Gasteiger charge is 2.57. The molecule has 1 unspecified atom stereocenters. The minimum Gasteiger partial charge on any atom is -0.480 e. The van der Waals surface area contributed by atoms with Crippen LogP contribution in [0.15, 0.2) is 72.9 Å². The monoisotopic (exact) mass is 510 g/mol. The average molecular weight is 511 g/mol. The standard InChI is InChI=1S/C31H34N4O3/c36-29(37)27(35-21-31(30(35)38)18-24-5-1-2-6-25(24)19-31)17-22-8-10-26(11-9-22)34-15-12-23(13-16-34)20-33-28-7-3-4-14-32-28/h1-11,14,23,27H,12-13,15-21H2,(H,32,33)(H,36,37). The van der Waals surface area contributed by atoms with Crippen LogP contribution in [0.25, 0.3) is 0 Å². The first kappa shape index (κ1) is 24.5. The van der Waals surface area contributed by atoms with Crippen molar-refractivity contribution in [3.8, 4) is 0 Å². The van der Waals surface area contributed by atoms with Gasteiger partial charge in [0, 0.05) is 44.5 Å². The van der Waals surface area contributed by atoms with Crippen LogP contribution in [0.2, 0.25) is 0 Å². The molecule has 3 aromatic rings. The minimum absolute atomic E-state index is 0.0156. The summed E-state index contributed by atoms with van der Waals surface area (Å²) in [7, 11) is 0. The van der Waals surface area contributed by atoms with Gasteiger partial charge in [0.2, 0.25) is 5.91 Å². The molecule has 2 fully saturated rings. The molecule has 3 heterocycles. The second-order valence-corrected chi connectivity index (χ2v) is 11.1. The zero-order chi connectivity index (χ0) is 26.1. The van der Waals surface area contributed by atoms with Crippen molar-refractivity contribution in [2.45, 2.75) is 38.1 Å². The maximum atomic E-state index is 13.3. The number of carboxylic acid groups (broad SMARTS) is 1. The lowest BCUT2D eigenvalue weighted by atomic mass is 9.74. The van der Waals surface area contributed by atoms with Crippen molar-refractivity contribution >= 4 is 23.4 Å². The molecule has 1 aromatic heterocycles. The van der Waals surface area contributed by atoms with Gasteiger partial charge in [-0.05, 0) is 72.6 Å². The van der Waals surface area contributed by atoms with Gasteiger partial charge < -0.3 is 20.2 Å². The number of amides is 1. The normalized spacial score (nSPS) is 19.2. The number of aliphatic carboxylic acids is 1. The van der Waals surface area contributed by atoms with Gasteiger partial charge in [-0.1, -0.05) is 42.5 Å². The minimum atomic E-state index is -0.936. The largest absolute Gasteiger partial charge is 0.480 e. The molecule has 3 aliphatic rings. The van der Waals surface area contributed by atoms with Crippen molar-refractivity contribution in [2.75, 3.05) is 36.4 Å². The van der Waals surface area contributed by atoms with Crippen LogP contribution in [0.5, 0.6) is 0 Å². The van der Waals surface area contributed by atoms with E-state index in [4.69, 9.17) is 0 Å². The number of piperidine rings is 1. The van der Waals surface area contributed by atoms with Gasteiger partial charge in [0.15, 0.2) is 0 Å². The van der Waals surface area contributed by atoms with Gasteiger partial charge in [-0.3, -0.25) is 4.79 Å². The number of carbonyl (C=O) groups excluding carboxylic acids is 1. The van der Waals surface area contributed by atoms with E-state index in [1.165, 1.54) is 16.8 Å². The number of aromatic nitrogens is 1. The van der Waals surface area contributed by atoms with Crippen molar-refractivity contribution < 1.29 is 14.7 Å². The molecular weight excluding hydrogens is 476 g/mol. The molecule has 196 valence electrons. The Hall–Kier alpha value is -3.87. The molecular formula is C31H34N4O3. The average Bonchev–Trinajstić information content (AvgIpc) is 3.36. The molecule has 0 bridgehead atoms. The summed E-state index contributed by atoms with van der Waals surface area (Å²) in [6, 6.07) is 21.5. The van der Waals surface area contributed by atoms with Gasteiger partial charge in [0.1, 0.15) is 11.9 Å². The summed E-state index contributed by atoms with van der Waals surface area (Å²) < 4.78 is 0. The van der Waals surface area contributed by atoms with Gasteiger partial charge in [-0.25, -0.2) is 9.78 Å². The first-order chi connectivity index (χ1) is 18.5. The fourth-order valence-corrected chi connectivity index (χ4v) is 6.40. The van der Waals surface area contributed by atoms with Crippen molar-refractivity contribution in [1.82, 2.24) is 9.88 Å². The third-order valence-electron chi connectivity index (χ3n) is 8.61. The van der Waals surface area contributed by atoms with Crippen LogP contribution in [0.4, 0.5) is 11.5 Å². The van der Waals surface area contributed by atoms with E-state index in [9.17, 15) is 14.7 Å². The summed E-state index contributed by atoms with van der Waals surface area (Å²) in [6.45, 7) is 3.44. The number of hydrogen-bond acceptors (Lipinski definition) is 5. The Morgan fingerprint density at radius 1 is 1.00 bits per heavy atom. The van der Waals surface area contributed by atoms with Crippen LogP contribution < -0.4 is 10.2 Å². The van der Waals surface area contributed by atoms with E-state index < -0.39 is 17.4 Å². The smallest absolute Gasteiger partial charge is 0.326 e. The maximum Gasteiger partial charge on any atom is 0.326 e. The molecule has 6 rings (SSSR count). The Balaban J connectivity index is 1.02. The third-order valence-corrected chi connectivity index (χ3v) is 8.61. The molecule has 2 N–H and O–H groups in total. The van der Waals surface area contributed by atoms with Gasteiger partial charge in [0.05, 0.1) is 5.41 Å². The van der Waals surface area contributed by atoms with E-state index in [2.05, 4.69) is 39.5 Å². The van der Waals surface area contributed by atoms with E-state index in [1.54, 1.807) is 11.1 Å². The van der Waals surface area contributed by atoms with Crippen LogP contribution >= 0.6 is 0 Å². The number of nitrogens with zero attached hydrogens (tertiary/aromatic N) is 3. The number of fused-ring (bicyclic) bond motifs is 1. The summed E-state index contributed by atoms with van der Waals surface area (Å²) >= 11 is 0. The van der Waals surface area contributed by atoms with Crippen LogP contribution in [0, 0.1) is 11.3 Å². The van der Waals surface area contributed by atoms with Crippen LogP contribution in [-0.4, -0.2) is 59.1 Å². The van der Waals surface area contributed by atoms with Gasteiger partial charge in [-0.2, -0.15) is 0 Å². The highest BCUT2D eigenvalue weighted by molar-refractivity contribution is 5.94. The molecule has 1 atom stereocenters. The summed E-state index contributed by atoms with van der Waals surface area (Å²) in [4.78, 5) is 33.7. The predicted octanol–water partition coefficient (Wildman–Crippen LogP) is 4.03. The maximum absolute atomic E-state index is 13.3. The molecule has 0 saturated carbocycles. The van der Waals surface area contributed by atoms with Crippen molar-refractivity contribution in [2.24, 2.45) is 11.3 Å². The molecule has 2 aliphatic heterocycles. The van der Waals surface area contributed by atoms with E-state index in [-0.39, 0.29) is 5.91 Å². The van der Waals surface area contributed by atoms with Crippen LogP contribution in [-0.2, 0) is 28.9 Å². The zero-order valence-electron chi connectivity index (χ0n) is 21.6. The van der Waals surface area contributed by atoms with E-state index in [1.807, 2.05) is 42.5 Å². The molecule has 1 spiro atoms. The number of β-lactam (4-membered cyclic amide) rings is 1. The van der Waals surface area contributed by atoms with E-state index in [0.29, 0.717) is 18.9 Å². The highest BCUT2D eigenvalue weighted by Crippen LogP contribution is 2.46. The molecule has 2 aromatic carbocycles. The molecule has 1 amide bonds. The van der Waals surface area contributed by atoms with Gasteiger partial charge in [-0.15, -0.1) is 0 Å². The number of benzene rings is 2. The number of nitrogens with one attached hydrogen (secondary N) is 1. The second-order valence-electron chi connectivity index (χ2n) is 11.1. The SMILES string of the molecule is O=C(O)C(Cc1ccc(N2CCC(CNc3ccccn3)CC2)cc1)N1CC2(Cc3ccccc3C2)C1=O. The number of pyridine rings is 1. The number of likely N-dealkylation sites (tertiary alicyclic amines) is 1. The van der Waals surface area contributed by atoms with Crippen LogP contribution in [0.1, 0.15) is 29.5 Å². The highest BCUT2D eigenvalue weighted by atomic mass is 16.4. The topological polar surface area (TPSA) is 85.8 Å². The molecule has 7 nitrogen and oxygen atoms in total. The lowest BCUT2D eigenvalue weighted by molar-refractivity contribution is -0.171. The Morgan fingerprint density at radius 2 is 1.68 bits per heavy atom. The Kier molecular flexibility index (Phi) is 6.52. The summed E-state index contributed by atoms with van der Waals surface area (Å²) in [5.74, 6) is 0.592. The quantitative estimate of drug-likeness (QED) is 0.445. The molecule has 1 aliphatic carbocycles. The van der Waals surface area contributed by atoms with Gasteiger partial charge >= 0.3 is 5.97 Å². The predicted molar refractivity (Wildman–Crippen MR) is 147 cm³/mol. The second kappa shape index (κ2) is 10.1. The van der Waals surface area contributed by atoms with Crippen LogP contribution in [0.3, 0.4) is 0 Å². The van der Waals surface area contributed by atoms with Crippen molar-refractivity contribution in [3.63, 3.8) is 0 Å². The number of anilines is 2. The number of carbonyl (C=O) groups is 2. The van der Waals surface area contributed by atoms with E-state index in [0.717, 1.165) is 56.7 Å². The molecule has 2 saturated heterocycles. The van der Waals surface area contributed by atoms with Gasteiger partial charge in [0.25, 0.3) is 0 Å². The first-order valence-electron chi connectivity index (χ1n) is 13.6. The summed E-state index contributed by atoms with van der Waals surface area (Å²) in [6.07, 6.45) is 5.80. The fourth-order valence-electron chi connectivity index (χ4n) is 6.40. The first-order valence-corrected chi connectivity index (χ1v) is 13.6. The zero-order valence-corrected chi connectivity index (χ0v) is 21.6. The van der Waals surface area contributed by atoms with E-state index >= 15 is 0 Å². The number of carboxylic acids is 1. The Bertz CT molecular complexity index is 1280. The summed E-state index contributed by atoms with van der Waals surface area (Å²) in [5.41, 5.74) is 4.10. The lowest BCUT2D eigenvalue weighted by Crippen LogP contribution is -2.67. The van der Waals surface area contributed by atoms with Crippen molar-refractivity contribution in [1.29, 1.82) is 0 Å². The number of hydrogen-bond donors (Lipinski definition) is 2. The molecule has 38 heavy (non-hydrogen) atoms. The molecule has 7 heteroatoms. The molecule has 0 radical (unpaired) electrons. The lowest BCUT2D eigenvalue weighted by Gasteiger charge is -2.49. The third kappa shape index (κ3) is 4.73. The Morgan fingerprint density at radius 3 is 2.29 bits per heavy atom. The Labute approximate surface area is 223 Å². The fraction of sp³-hybridized carbons (Fsp3) is 0.387. The number of rotatable bonds is 8.